The fourth-order valence-electron chi connectivity index (χ4n) is 2.96. The van der Waals surface area contributed by atoms with E-state index >= 15 is 0 Å². The molecule has 1 heteroatoms. The van der Waals surface area contributed by atoms with Crippen molar-refractivity contribution in [3.63, 3.8) is 0 Å². The summed E-state index contributed by atoms with van der Waals surface area (Å²) in [5.41, 5.74) is 0. The van der Waals surface area contributed by atoms with Crippen LogP contribution in [0.15, 0.2) is 0 Å². The van der Waals surface area contributed by atoms with Crippen LogP contribution in [0, 0.1) is 0 Å². The molecule has 0 saturated heterocycles. The zero-order chi connectivity index (χ0) is 13.0. The Bertz CT molecular complexity index is 116. The van der Waals surface area contributed by atoms with Crippen LogP contribution in [0.2, 0.25) is 17.7 Å². The van der Waals surface area contributed by atoms with Gasteiger partial charge in [0.25, 0.3) is 0 Å². The monoisotopic (exact) mass is 338 g/mol. The summed E-state index contributed by atoms with van der Waals surface area (Å²) in [7, 11) is 0. The molecule has 0 amide bonds. The molecular formula is C16H36Sn. The van der Waals surface area contributed by atoms with Crippen LogP contribution in [-0.4, -0.2) is 18.4 Å². The summed E-state index contributed by atoms with van der Waals surface area (Å²) in [4.78, 5) is 0. The Morgan fingerprint density at radius 2 is 0.706 bits per heavy atom. The molecule has 0 aromatic carbocycles. The minimum atomic E-state index is -1.69. The molecule has 0 saturated carbocycles. The van der Waals surface area contributed by atoms with Crippen LogP contribution in [0.3, 0.4) is 0 Å². The predicted octanol–water partition coefficient (Wildman–Crippen LogP) is 6.64. The van der Waals surface area contributed by atoms with Gasteiger partial charge in [0.15, 0.2) is 0 Å². The van der Waals surface area contributed by atoms with Gasteiger partial charge in [-0.25, -0.2) is 0 Å². The van der Waals surface area contributed by atoms with E-state index in [1.54, 1.807) is 17.7 Å². The topological polar surface area (TPSA) is 0 Å². The fraction of sp³-hybridized carbons (Fsp3) is 1.00. The molecule has 0 radical (unpaired) electrons. The zero-order valence-electron chi connectivity index (χ0n) is 13.0. The Balaban J connectivity index is 4.39. The molecule has 0 rings (SSSR count). The van der Waals surface area contributed by atoms with Crippen molar-refractivity contribution in [2.75, 3.05) is 0 Å². The van der Waals surface area contributed by atoms with Crippen LogP contribution in [0.4, 0.5) is 0 Å². The Hall–Kier alpha value is 0.799. The van der Waals surface area contributed by atoms with E-state index in [0.717, 1.165) is 0 Å². The molecule has 0 N–H and O–H groups in total. The van der Waals surface area contributed by atoms with Crippen LogP contribution < -0.4 is 0 Å². The van der Waals surface area contributed by atoms with Crippen molar-refractivity contribution in [2.24, 2.45) is 0 Å². The molecule has 0 bridgehead atoms. The standard InChI is InChI=1S/4C4H9.Sn/c4*1-3-4-2;/h4*1,3-4H2,2H3;/i;;;;1-9. The molecule has 104 valence electrons. The van der Waals surface area contributed by atoms with E-state index in [0.29, 0.717) is 0 Å². The van der Waals surface area contributed by atoms with Crippen molar-refractivity contribution in [3.05, 3.63) is 0 Å². The first-order chi connectivity index (χ1) is 8.24. The summed E-state index contributed by atoms with van der Waals surface area (Å²) < 4.78 is 6.80. The molecule has 0 aromatic rings. The molecule has 17 heavy (non-hydrogen) atoms. The van der Waals surface area contributed by atoms with Crippen molar-refractivity contribution in [1.29, 1.82) is 0 Å². The van der Waals surface area contributed by atoms with E-state index in [2.05, 4.69) is 27.7 Å². The SMILES string of the molecule is CCC[CH2][110Sn]([CH2]CCC)([CH2]CCC)[CH2]CCC. The van der Waals surface area contributed by atoms with Gasteiger partial charge in [-0.2, -0.15) is 0 Å². The molecule has 0 atom stereocenters. The number of hydrogen-bond donors (Lipinski definition) is 0. The summed E-state index contributed by atoms with van der Waals surface area (Å²) >= 11 is -1.69. The van der Waals surface area contributed by atoms with Crippen LogP contribution >= 0.6 is 0 Å². The second kappa shape index (κ2) is 11.9. The zero-order valence-corrected chi connectivity index (χ0v) is 15.8. The van der Waals surface area contributed by atoms with Crippen molar-refractivity contribution in [3.8, 4) is 0 Å². The molecule has 0 spiro atoms. The van der Waals surface area contributed by atoms with Gasteiger partial charge in [0, 0.05) is 0 Å². The van der Waals surface area contributed by atoms with Gasteiger partial charge in [0.1, 0.15) is 0 Å². The molecule has 0 aromatic heterocycles. The molecular weight excluding hydrogens is 302 g/mol. The van der Waals surface area contributed by atoms with Gasteiger partial charge in [-0.1, -0.05) is 0 Å². The van der Waals surface area contributed by atoms with Gasteiger partial charge >= 0.3 is 115 Å². The summed E-state index contributed by atoms with van der Waals surface area (Å²) in [6, 6.07) is 0. The molecule has 0 aliphatic rings. The minimum absolute atomic E-state index is 1.42. The van der Waals surface area contributed by atoms with E-state index in [1.807, 2.05) is 0 Å². The second-order valence-corrected chi connectivity index (χ2v) is 20.2. The maximum atomic E-state index is 2.37. The van der Waals surface area contributed by atoms with Crippen LogP contribution in [0.25, 0.3) is 0 Å². The number of rotatable bonds is 12. The first kappa shape index (κ1) is 17.8. The third-order valence-electron chi connectivity index (χ3n) is 4.24. The van der Waals surface area contributed by atoms with Crippen molar-refractivity contribution in [2.45, 2.75) is 96.8 Å². The van der Waals surface area contributed by atoms with Gasteiger partial charge < -0.3 is 0 Å². The summed E-state index contributed by atoms with van der Waals surface area (Å²) in [5.74, 6) is 0. The van der Waals surface area contributed by atoms with Crippen molar-refractivity contribution >= 4 is 18.4 Å². The van der Waals surface area contributed by atoms with Crippen LogP contribution in [0.5, 0.6) is 0 Å². The van der Waals surface area contributed by atoms with Gasteiger partial charge in [0.2, 0.25) is 0 Å². The third-order valence-corrected chi connectivity index (χ3v) is 20.4. The molecule has 0 aliphatic carbocycles. The Kier molecular flexibility index (Phi) is 12.4. The maximum absolute atomic E-state index is 2.37. The van der Waals surface area contributed by atoms with E-state index in [-0.39, 0.29) is 0 Å². The van der Waals surface area contributed by atoms with Crippen LogP contribution in [-0.2, 0) is 0 Å². The predicted molar refractivity (Wildman–Crippen MR) is 84.6 cm³/mol. The van der Waals surface area contributed by atoms with E-state index < -0.39 is 18.4 Å². The van der Waals surface area contributed by atoms with Gasteiger partial charge in [-0.05, 0) is 0 Å². The van der Waals surface area contributed by atoms with Gasteiger partial charge in [0.05, 0.1) is 0 Å². The van der Waals surface area contributed by atoms with Gasteiger partial charge in [-0.15, -0.1) is 0 Å². The van der Waals surface area contributed by atoms with E-state index in [4.69, 9.17) is 0 Å². The first-order valence-electron chi connectivity index (χ1n) is 8.24. The summed E-state index contributed by atoms with van der Waals surface area (Å²) in [5, 5.41) is 0. The van der Waals surface area contributed by atoms with E-state index in [9.17, 15) is 0 Å². The average Bonchev–Trinajstić information content (AvgIpc) is 2.37. The summed E-state index contributed by atoms with van der Waals surface area (Å²) in [6.07, 6.45) is 11.8. The summed E-state index contributed by atoms with van der Waals surface area (Å²) in [6.45, 7) is 9.48. The van der Waals surface area contributed by atoms with E-state index in [1.165, 1.54) is 51.4 Å². The molecule has 0 heterocycles. The molecule has 0 aliphatic heterocycles. The second-order valence-electron chi connectivity index (χ2n) is 5.91. The van der Waals surface area contributed by atoms with Crippen molar-refractivity contribution in [1.82, 2.24) is 0 Å². The molecule has 0 unspecified atom stereocenters. The average molecular weight is 338 g/mol. The molecule has 0 nitrogen and oxygen atoms in total. The molecule has 0 fully saturated rings. The Morgan fingerprint density at radius 3 is 0.882 bits per heavy atom. The normalized spacial score (nSPS) is 12.0. The van der Waals surface area contributed by atoms with Crippen LogP contribution in [0.1, 0.15) is 79.1 Å². The fourth-order valence-corrected chi connectivity index (χ4v) is 19.8. The Labute approximate surface area is 115 Å². The van der Waals surface area contributed by atoms with Gasteiger partial charge in [-0.3, -0.25) is 0 Å². The first-order valence-corrected chi connectivity index (χ1v) is 16.3. The Morgan fingerprint density at radius 1 is 0.471 bits per heavy atom. The quantitative estimate of drug-likeness (QED) is 0.350. The van der Waals surface area contributed by atoms with Crippen molar-refractivity contribution < 1.29 is 0 Å². The number of unbranched alkanes of at least 4 members (excludes halogenated alkanes) is 4. The number of hydrogen-bond acceptors (Lipinski definition) is 0. The third kappa shape index (κ3) is 8.50.